The molecule has 1 saturated heterocycles. The molecule has 2 rings (SSSR count). The lowest BCUT2D eigenvalue weighted by atomic mass is 10.1. The molecule has 122 valence electrons. The van der Waals surface area contributed by atoms with Crippen molar-refractivity contribution in [3.63, 3.8) is 0 Å². The third-order valence-electron chi connectivity index (χ3n) is 3.92. The zero-order valence-electron chi connectivity index (χ0n) is 12.8. The number of nitrogens with one attached hydrogen (secondary N) is 1. The average molecular weight is 345 g/mol. The fourth-order valence-corrected chi connectivity index (χ4v) is 3.07. The summed E-state index contributed by atoms with van der Waals surface area (Å²) >= 11 is 6.02. The van der Waals surface area contributed by atoms with Crippen molar-refractivity contribution in [2.24, 2.45) is 0 Å². The molecule has 0 aliphatic carbocycles. The largest absolute Gasteiger partial charge is 0.370 e. The van der Waals surface area contributed by atoms with Crippen LogP contribution in [-0.2, 0) is 14.6 Å². The van der Waals surface area contributed by atoms with Gasteiger partial charge >= 0.3 is 0 Å². The Morgan fingerprint density at radius 1 is 1.27 bits per heavy atom. The highest BCUT2D eigenvalue weighted by atomic mass is 35.5. The van der Waals surface area contributed by atoms with Crippen LogP contribution in [0.4, 0.5) is 11.4 Å². The molecule has 1 aliphatic heterocycles. The SMILES string of the molecule is C[C@@H](C(=O)Nc1cc(Cl)ccc1N1CCCCC1)S(C)(=O)=O. The van der Waals surface area contributed by atoms with Crippen LogP contribution in [0.15, 0.2) is 18.2 Å². The zero-order valence-corrected chi connectivity index (χ0v) is 14.4. The van der Waals surface area contributed by atoms with Crippen LogP contribution >= 0.6 is 11.6 Å². The number of halogens is 1. The maximum Gasteiger partial charge on any atom is 0.242 e. The molecule has 1 aromatic carbocycles. The van der Waals surface area contributed by atoms with Gasteiger partial charge in [-0.2, -0.15) is 0 Å². The lowest BCUT2D eigenvalue weighted by Gasteiger charge is -2.30. The van der Waals surface area contributed by atoms with Gasteiger partial charge in [-0.1, -0.05) is 11.6 Å². The minimum atomic E-state index is -3.43. The maximum atomic E-state index is 12.2. The van der Waals surface area contributed by atoms with Crippen molar-refractivity contribution in [3.05, 3.63) is 23.2 Å². The van der Waals surface area contributed by atoms with Crippen molar-refractivity contribution < 1.29 is 13.2 Å². The van der Waals surface area contributed by atoms with Gasteiger partial charge in [0, 0.05) is 24.4 Å². The van der Waals surface area contributed by atoms with Crippen LogP contribution < -0.4 is 10.2 Å². The number of rotatable bonds is 4. The van der Waals surface area contributed by atoms with Crippen LogP contribution in [0.3, 0.4) is 0 Å². The number of hydrogen-bond acceptors (Lipinski definition) is 4. The standard InChI is InChI=1S/C15H21ClN2O3S/c1-11(22(2,20)21)15(19)17-13-10-12(16)6-7-14(13)18-8-4-3-5-9-18/h6-7,10-11H,3-5,8-9H2,1-2H3,(H,17,19)/t11-/m0/s1. The van der Waals surface area contributed by atoms with Crippen molar-refractivity contribution in [1.29, 1.82) is 0 Å². The molecule has 1 atom stereocenters. The molecule has 0 spiro atoms. The molecule has 1 aromatic rings. The van der Waals surface area contributed by atoms with E-state index in [0.717, 1.165) is 37.9 Å². The molecular weight excluding hydrogens is 324 g/mol. The molecule has 1 N–H and O–H groups in total. The monoisotopic (exact) mass is 344 g/mol. The lowest BCUT2D eigenvalue weighted by Crippen LogP contribution is -2.34. The lowest BCUT2D eigenvalue weighted by molar-refractivity contribution is -0.115. The summed E-state index contributed by atoms with van der Waals surface area (Å²) < 4.78 is 23.0. The number of carbonyl (C=O) groups excluding carboxylic acids is 1. The van der Waals surface area contributed by atoms with Gasteiger partial charge in [-0.05, 0) is 44.4 Å². The number of hydrogen-bond donors (Lipinski definition) is 1. The first-order valence-electron chi connectivity index (χ1n) is 7.33. The van der Waals surface area contributed by atoms with Crippen molar-refractivity contribution >= 4 is 38.7 Å². The van der Waals surface area contributed by atoms with Crippen LogP contribution in [0.2, 0.25) is 5.02 Å². The molecule has 1 fully saturated rings. The molecule has 5 nitrogen and oxygen atoms in total. The molecule has 0 saturated carbocycles. The number of anilines is 2. The van der Waals surface area contributed by atoms with Crippen molar-refractivity contribution in [3.8, 4) is 0 Å². The van der Waals surface area contributed by atoms with Crippen LogP contribution in [0.5, 0.6) is 0 Å². The second kappa shape index (κ2) is 6.87. The van der Waals surface area contributed by atoms with Crippen LogP contribution in [-0.4, -0.2) is 38.9 Å². The minimum absolute atomic E-state index is 0.503. The van der Waals surface area contributed by atoms with E-state index in [1.165, 1.54) is 13.3 Å². The van der Waals surface area contributed by atoms with Crippen LogP contribution in [0.25, 0.3) is 0 Å². The fraction of sp³-hybridized carbons (Fsp3) is 0.533. The second-order valence-corrected chi connectivity index (χ2v) is 8.47. The Hall–Kier alpha value is -1.27. The molecule has 1 amide bonds. The molecule has 0 unspecified atom stereocenters. The molecule has 1 heterocycles. The third-order valence-corrected chi connectivity index (χ3v) is 5.66. The summed E-state index contributed by atoms with van der Waals surface area (Å²) in [5.74, 6) is -0.539. The van der Waals surface area contributed by atoms with Crippen LogP contribution in [0.1, 0.15) is 26.2 Å². The highest BCUT2D eigenvalue weighted by Gasteiger charge is 2.25. The smallest absolute Gasteiger partial charge is 0.242 e. The van der Waals surface area contributed by atoms with E-state index < -0.39 is 21.0 Å². The number of nitrogens with zero attached hydrogens (tertiary/aromatic N) is 1. The normalized spacial score (nSPS) is 17.1. The minimum Gasteiger partial charge on any atom is -0.370 e. The zero-order chi connectivity index (χ0) is 16.3. The topological polar surface area (TPSA) is 66.5 Å². The summed E-state index contributed by atoms with van der Waals surface area (Å²) in [5.41, 5.74) is 1.45. The van der Waals surface area contributed by atoms with Gasteiger partial charge in [-0.25, -0.2) is 8.42 Å². The number of carbonyl (C=O) groups is 1. The molecule has 0 aromatic heterocycles. The first kappa shape index (κ1) is 17.1. The summed E-state index contributed by atoms with van der Waals surface area (Å²) in [7, 11) is -3.43. The summed E-state index contributed by atoms with van der Waals surface area (Å²) in [6, 6.07) is 5.31. The maximum absolute atomic E-state index is 12.2. The highest BCUT2D eigenvalue weighted by molar-refractivity contribution is 7.92. The third kappa shape index (κ3) is 4.14. The van der Waals surface area contributed by atoms with E-state index in [0.29, 0.717) is 10.7 Å². The first-order chi connectivity index (χ1) is 10.3. The summed E-state index contributed by atoms with van der Waals surface area (Å²) in [5, 5.41) is 2.12. The fourth-order valence-electron chi connectivity index (χ4n) is 2.45. The van der Waals surface area contributed by atoms with Gasteiger partial charge in [0.05, 0.1) is 11.4 Å². The highest BCUT2D eigenvalue weighted by Crippen LogP contribution is 2.31. The molecule has 7 heteroatoms. The average Bonchev–Trinajstić information content (AvgIpc) is 2.46. The predicted octanol–water partition coefficient (Wildman–Crippen LogP) is 2.70. The number of benzene rings is 1. The van der Waals surface area contributed by atoms with E-state index in [4.69, 9.17) is 11.6 Å². The van der Waals surface area contributed by atoms with E-state index in [1.807, 2.05) is 6.07 Å². The number of amides is 1. The van der Waals surface area contributed by atoms with E-state index in [9.17, 15) is 13.2 Å². The van der Waals surface area contributed by atoms with Crippen molar-refractivity contribution in [1.82, 2.24) is 0 Å². The first-order valence-corrected chi connectivity index (χ1v) is 9.66. The van der Waals surface area contributed by atoms with E-state index >= 15 is 0 Å². The molecule has 22 heavy (non-hydrogen) atoms. The molecule has 0 radical (unpaired) electrons. The van der Waals surface area contributed by atoms with Gasteiger partial charge in [0.15, 0.2) is 9.84 Å². The van der Waals surface area contributed by atoms with E-state index in [1.54, 1.807) is 12.1 Å². The molecular formula is C15H21ClN2O3S. The van der Waals surface area contributed by atoms with E-state index in [2.05, 4.69) is 10.2 Å². The Morgan fingerprint density at radius 2 is 1.91 bits per heavy atom. The summed E-state index contributed by atoms with van der Waals surface area (Å²) in [6.07, 6.45) is 4.48. The van der Waals surface area contributed by atoms with Crippen LogP contribution in [0, 0.1) is 0 Å². The molecule has 0 bridgehead atoms. The predicted molar refractivity (Wildman–Crippen MR) is 90.5 cm³/mol. The van der Waals surface area contributed by atoms with Gasteiger partial charge < -0.3 is 10.2 Å². The summed E-state index contributed by atoms with van der Waals surface area (Å²) in [6.45, 7) is 3.23. The van der Waals surface area contributed by atoms with Gasteiger partial charge in [0.1, 0.15) is 5.25 Å². The Balaban J connectivity index is 2.25. The number of sulfone groups is 1. The van der Waals surface area contributed by atoms with Crippen molar-refractivity contribution in [2.45, 2.75) is 31.4 Å². The summed E-state index contributed by atoms with van der Waals surface area (Å²) in [4.78, 5) is 14.3. The van der Waals surface area contributed by atoms with Gasteiger partial charge in [-0.3, -0.25) is 4.79 Å². The number of piperidine rings is 1. The van der Waals surface area contributed by atoms with Gasteiger partial charge in [0.2, 0.25) is 5.91 Å². The Kier molecular flexibility index (Phi) is 5.34. The molecule has 1 aliphatic rings. The Bertz CT molecular complexity index is 655. The quantitative estimate of drug-likeness (QED) is 0.912. The van der Waals surface area contributed by atoms with Crippen molar-refractivity contribution in [2.75, 3.05) is 29.6 Å². The van der Waals surface area contributed by atoms with Gasteiger partial charge in [-0.15, -0.1) is 0 Å². The van der Waals surface area contributed by atoms with Gasteiger partial charge in [0.25, 0.3) is 0 Å². The van der Waals surface area contributed by atoms with E-state index in [-0.39, 0.29) is 0 Å². The Morgan fingerprint density at radius 3 is 2.50 bits per heavy atom. The Labute approximate surface area is 136 Å². The second-order valence-electron chi connectivity index (χ2n) is 5.67.